The number of Topliss-reactive ketones (excluding diaryl/α,β-unsaturated/α-hetero) is 1. The van der Waals surface area contributed by atoms with E-state index >= 15 is 0 Å². The van der Waals surface area contributed by atoms with E-state index in [-0.39, 0.29) is 16.2 Å². The molecule has 0 bridgehead atoms. The predicted octanol–water partition coefficient (Wildman–Crippen LogP) is 2.19. The molecule has 0 fully saturated rings. The molecule has 0 atom stereocenters. The van der Waals surface area contributed by atoms with Gasteiger partial charge in [-0.05, 0) is 37.6 Å². The second-order valence-electron chi connectivity index (χ2n) is 5.72. The molecule has 0 heterocycles. The molecule has 0 aromatic heterocycles. The molecular formula is C18H20N4O3S. The maximum Gasteiger partial charge on any atom is 0.238 e. The van der Waals surface area contributed by atoms with Crippen molar-refractivity contribution in [2.24, 2.45) is 20.9 Å². The quantitative estimate of drug-likeness (QED) is 0.473. The Balaban J connectivity index is 2.54. The molecule has 8 heteroatoms. The van der Waals surface area contributed by atoms with Crippen LogP contribution in [0.3, 0.4) is 0 Å². The first-order chi connectivity index (χ1) is 12.2. The van der Waals surface area contributed by atoms with Crippen molar-refractivity contribution < 1.29 is 13.2 Å². The topological polar surface area (TPSA) is 128 Å². The Labute approximate surface area is 152 Å². The Hall–Kier alpha value is -2.84. The minimum atomic E-state index is -3.92. The van der Waals surface area contributed by atoms with Crippen LogP contribution in [0.25, 0.3) is 0 Å². The predicted molar refractivity (Wildman–Crippen MR) is 102 cm³/mol. The second-order valence-corrected chi connectivity index (χ2v) is 7.29. The van der Waals surface area contributed by atoms with Gasteiger partial charge >= 0.3 is 0 Å². The molecule has 0 aliphatic carbocycles. The largest absolute Gasteiger partial charge is 0.387 e. The first-order valence-electron chi connectivity index (χ1n) is 7.77. The van der Waals surface area contributed by atoms with Crippen molar-refractivity contribution in [3.05, 3.63) is 59.7 Å². The number of nitrogens with two attached hydrogens (primary N) is 2. The fraction of sp³-hybridized carbons (Fsp3) is 0.167. The van der Waals surface area contributed by atoms with Gasteiger partial charge in [-0.25, -0.2) is 23.5 Å². The van der Waals surface area contributed by atoms with Crippen molar-refractivity contribution in [2.45, 2.75) is 25.2 Å². The summed E-state index contributed by atoms with van der Waals surface area (Å²) in [6.07, 6.45) is 0.406. The summed E-state index contributed by atoms with van der Waals surface area (Å²) >= 11 is 0. The summed E-state index contributed by atoms with van der Waals surface area (Å²) in [6, 6.07) is 13.5. The highest BCUT2D eigenvalue weighted by molar-refractivity contribution is 7.89. The van der Waals surface area contributed by atoms with Crippen molar-refractivity contribution in [1.82, 2.24) is 0 Å². The van der Waals surface area contributed by atoms with Gasteiger partial charge < -0.3 is 5.73 Å². The Morgan fingerprint density at radius 1 is 1.08 bits per heavy atom. The van der Waals surface area contributed by atoms with Gasteiger partial charge in [0.2, 0.25) is 10.0 Å². The number of nitrogens with zero attached hydrogens (tertiary/aromatic N) is 2. The van der Waals surface area contributed by atoms with Crippen molar-refractivity contribution in [1.29, 1.82) is 0 Å². The van der Waals surface area contributed by atoms with Gasteiger partial charge in [0.25, 0.3) is 0 Å². The van der Waals surface area contributed by atoms with E-state index in [9.17, 15) is 13.2 Å². The Morgan fingerprint density at radius 3 is 2.27 bits per heavy atom. The summed E-state index contributed by atoms with van der Waals surface area (Å²) in [6.45, 7) is 2.96. The molecule has 136 valence electrons. The number of benzene rings is 2. The van der Waals surface area contributed by atoms with E-state index in [0.717, 1.165) is 5.56 Å². The van der Waals surface area contributed by atoms with Crippen LogP contribution in [-0.2, 0) is 16.4 Å². The molecule has 0 unspecified atom stereocenters. The molecule has 0 saturated heterocycles. The number of carbonyl (C=O) groups excluding carboxylic acids is 1. The van der Waals surface area contributed by atoms with Crippen LogP contribution >= 0.6 is 0 Å². The molecule has 2 aromatic carbocycles. The number of sulfonamides is 1. The van der Waals surface area contributed by atoms with Gasteiger partial charge in [-0.1, -0.05) is 30.3 Å². The summed E-state index contributed by atoms with van der Waals surface area (Å²) in [5, 5.41) is 5.13. The van der Waals surface area contributed by atoms with E-state index in [0.29, 0.717) is 23.8 Å². The smallest absolute Gasteiger partial charge is 0.238 e. The number of amidine groups is 2. The number of carbonyl (C=O) groups is 1. The zero-order valence-corrected chi connectivity index (χ0v) is 15.3. The molecule has 0 amide bonds. The molecule has 0 spiro atoms. The molecule has 0 aliphatic heterocycles. The minimum Gasteiger partial charge on any atom is -0.387 e. The van der Waals surface area contributed by atoms with Crippen LogP contribution in [0, 0.1) is 0 Å². The lowest BCUT2D eigenvalue weighted by atomic mass is 10.1. The molecule has 26 heavy (non-hydrogen) atoms. The van der Waals surface area contributed by atoms with Crippen LogP contribution in [0.4, 0.5) is 5.69 Å². The standard InChI is InChI=1S/C18H20N4O3S/c1-12(23)16-11-15(26(20,24)25)8-9-17(16)22-18(21-13(2)19)10-14-6-4-3-5-7-14/h3-9,11H,10H2,1-2H3,(H2,19,21,22)(H2,20,24,25). The molecule has 7 nitrogen and oxygen atoms in total. The number of hydrogen-bond acceptors (Lipinski definition) is 4. The zero-order valence-electron chi connectivity index (χ0n) is 14.5. The van der Waals surface area contributed by atoms with Crippen LogP contribution < -0.4 is 10.9 Å². The van der Waals surface area contributed by atoms with Gasteiger partial charge in [0.05, 0.1) is 16.4 Å². The van der Waals surface area contributed by atoms with Gasteiger partial charge in [0.15, 0.2) is 5.78 Å². The molecule has 0 aliphatic rings. The van der Waals surface area contributed by atoms with Crippen LogP contribution in [0.15, 0.2) is 63.4 Å². The van der Waals surface area contributed by atoms with E-state index in [4.69, 9.17) is 10.9 Å². The maximum atomic E-state index is 11.9. The fourth-order valence-electron chi connectivity index (χ4n) is 2.30. The summed E-state index contributed by atoms with van der Waals surface area (Å²) in [5.41, 5.74) is 7.11. The third-order valence-electron chi connectivity index (χ3n) is 3.44. The van der Waals surface area contributed by atoms with Crippen LogP contribution in [0.1, 0.15) is 29.8 Å². The Kier molecular flexibility index (Phi) is 6.01. The average molecular weight is 372 g/mol. The normalized spacial score (nSPS) is 12.9. The van der Waals surface area contributed by atoms with Crippen molar-refractivity contribution >= 4 is 33.2 Å². The molecular weight excluding hydrogens is 352 g/mol. The molecule has 2 rings (SSSR count). The van der Waals surface area contributed by atoms with E-state index in [1.807, 2.05) is 30.3 Å². The third-order valence-corrected chi connectivity index (χ3v) is 4.35. The van der Waals surface area contributed by atoms with E-state index in [1.54, 1.807) is 6.92 Å². The highest BCUT2D eigenvalue weighted by atomic mass is 32.2. The van der Waals surface area contributed by atoms with Gasteiger partial charge in [-0.3, -0.25) is 4.79 Å². The van der Waals surface area contributed by atoms with Gasteiger partial charge in [0, 0.05) is 12.0 Å². The highest BCUT2D eigenvalue weighted by Gasteiger charge is 2.15. The monoisotopic (exact) mass is 372 g/mol. The Bertz CT molecular complexity index is 977. The molecule has 0 radical (unpaired) electrons. The van der Waals surface area contributed by atoms with Crippen LogP contribution in [-0.4, -0.2) is 25.9 Å². The summed E-state index contributed by atoms with van der Waals surface area (Å²) in [5.74, 6) is 0.397. The van der Waals surface area contributed by atoms with E-state index in [1.165, 1.54) is 25.1 Å². The Morgan fingerprint density at radius 2 is 1.73 bits per heavy atom. The van der Waals surface area contributed by atoms with Crippen molar-refractivity contribution in [2.75, 3.05) is 0 Å². The first-order valence-corrected chi connectivity index (χ1v) is 9.31. The van der Waals surface area contributed by atoms with E-state index < -0.39 is 10.0 Å². The molecule has 2 aromatic rings. The number of primary sulfonamides is 1. The lowest BCUT2D eigenvalue weighted by Crippen LogP contribution is -2.13. The first kappa shape index (κ1) is 19.5. The number of hydrogen-bond donors (Lipinski definition) is 2. The minimum absolute atomic E-state index is 0.145. The average Bonchev–Trinajstić information content (AvgIpc) is 2.54. The lowest BCUT2D eigenvalue weighted by Gasteiger charge is -2.08. The summed E-state index contributed by atoms with van der Waals surface area (Å²) < 4.78 is 23.0. The van der Waals surface area contributed by atoms with Gasteiger partial charge in [-0.15, -0.1) is 0 Å². The number of ketones is 1. The van der Waals surface area contributed by atoms with Crippen LogP contribution in [0.5, 0.6) is 0 Å². The molecule has 0 saturated carbocycles. The van der Waals surface area contributed by atoms with Crippen molar-refractivity contribution in [3.8, 4) is 0 Å². The lowest BCUT2D eigenvalue weighted by molar-refractivity contribution is 0.101. The third kappa shape index (κ3) is 5.33. The zero-order chi connectivity index (χ0) is 19.3. The van der Waals surface area contributed by atoms with Gasteiger partial charge in [0.1, 0.15) is 5.84 Å². The number of rotatable bonds is 5. The molecule has 4 N–H and O–H groups in total. The van der Waals surface area contributed by atoms with E-state index in [2.05, 4.69) is 9.98 Å². The fourth-order valence-corrected chi connectivity index (χ4v) is 2.84. The highest BCUT2D eigenvalue weighted by Crippen LogP contribution is 2.24. The summed E-state index contributed by atoms with van der Waals surface area (Å²) in [7, 11) is -3.92. The van der Waals surface area contributed by atoms with Gasteiger partial charge in [-0.2, -0.15) is 0 Å². The maximum absolute atomic E-state index is 11.9. The SMILES string of the molecule is CC(=O)c1cc(S(N)(=O)=O)ccc1N=C(Cc1ccccc1)N=C(C)N. The number of aliphatic imine (C=N–C) groups is 2. The van der Waals surface area contributed by atoms with Crippen molar-refractivity contribution in [3.63, 3.8) is 0 Å². The van der Waals surface area contributed by atoms with Crippen LogP contribution in [0.2, 0.25) is 0 Å². The second kappa shape index (κ2) is 8.03. The summed E-state index contributed by atoms with van der Waals surface area (Å²) in [4.78, 5) is 20.5.